The normalized spacial score (nSPS) is 12.7. The fraction of sp³-hybridized carbons (Fsp3) is 0.273. The van der Waals surface area contributed by atoms with Gasteiger partial charge >= 0.3 is 5.69 Å². The summed E-state index contributed by atoms with van der Waals surface area (Å²) in [5, 5.41) is 49.3. The number of nitrogens with zero attached hydrogens (tertiary/aromatic N) is 6. The van der Waals surface area contributed by atoms with E-state index in [1.165, 1.54) is 23.1 Å². The Morgan fingerprint density at radius 3 is 2.05 bits per heavy atom. The maximum absolute atomic E-state index is 12.2. The number of hydrogen-bond donors (Lipinski definition) is 2. The van der Waals surface area contributed by atoms with Gasteiger partial charge in [-0.3, -0.25) is 29.8 Å². The van der Waals surface area contributed by atoms with E-state index in [9.17, 15) is 40.2 Å². The van der Waals surface area contributed by atoms with Crippen LogP contribution in [0.15, 0.2) is 47.8 Å². The second-order valence-corrected chi connectivity index (χ2v) is 8.05. The summed E-state index contributed by atoms with van der Waals surface area (Å²) >= 11 is 0. The molecule has 0 heterocycles. The minimum atomic E-state index is -0.872. The lowest BCUT2D eigenvalue weighted by molar-refractivity contribution is -0.689. The van der Waals surface area contributed by atoms with Crippen LogP contribution in [0, 0.1) is 30.6 Å². The van der Waals surface area contributed by atoms with Gasteiger partial charge in [0.15, 0.2) is 11.6 Å². The van der Waals surface area contributed by atoms with Crippen LogP contribution in [-0.2, 0) is 0 Å². The topological polar surface area (TPSA) is 250 Å². The van der Waals surface area contributed by atoms with Crippen LogP contribution in [0.1, 0.15) is 20.7 Å². The van der Waals surface area contributed by atoms with Gasteiger partial charge in [0.25, 0.3) is 5.69 Å². The Bertz CT molecular complexity index is 1360. The molecule has 0 amide bonds. The van der Waals surface area contributed by atoms with Gasteiger partial charge in [-0.1, -0.05) is 0 Å². The van der Waals surface area contributed by atoms with Crippen molar-refractivity contribution in [3.8, 4) is 11.5 Å². The highest BCUT2D eigenvalue weighted by atomic mass is 16.6. The molecule has 2 aromatic rings. The van der Waals surface area contributed by atoms with E-state index in [1.54, 1.807) is 0 Å². The number of anilines is 1. The number of nitro groups is 2. The first-order valence-corrected chi connectivity index (χ1v) is 11.4. The first-order chi connectivity index (χ1) is 18.6. The quantitative estimate of drug-likeness (QED) is 0.158. The number of benzene rings is 2. The largest absolute Gasteiger partial charge is 0.737 e. The maximum atomic E-state index is 12.2. The molecule has 0 bridgehead atoms. The number of hydrazine groups is 1. The van der Waals surface area contributed by atoms with Gasteiger partial charge in [-0.05, 0) is 35.6 Å². The highest BCUT2D eigenvalue weighted by Crippen LogP contribution is 2.41. The summed E-state index contributed by atoms with van der Waals surface area (Å²) in [6.07, 6.45) is 2.21. The number of nitrogens with two attached hydrogens (primary N) is 2. The van der Waals surface area contributed by atoms with Crippen molar-refractivity contribution in [2.75, 3.05) is 44.2 Å². The van der Waals surface area contributed by atoms with E-state index >= 15 is 0 Å². The molecule has 1 aliphatic carbocycles. The molecule has 39 heavy (non-hydrogen) atoms. The monoisotopic (exact) mass is 543 g/mol. The third-order valence-electron chi connectivity index (χ3n) is 5.65. The van der Waals surface area contributed by atoms with Gasteiger partial charge in [0, 0.05) is 48.3 Å². The molecule has 0 radical (unpaired) electrons. The molecule has 0 aromatic heterocycles. The van der Waals surface area contributed by atoms with Crippen LogP contribution in [-0.4, -0.2) is 70.7 Å². The van der Waals surface area contributed by atoms with E-state index in [0.717, 1.165) is 23.2 Å². The van der Waals surface area contributed by atoms with E-state index in [0.29, 0.717) is 6.07 Å². The molecule has 1 aliphatic rings. The van der Waals surface area contributed by atoms with Gasteiger partial charge < -0.3 is 31.5 Å². The zero-order valence-corrected chi connectivity index (χ0v) is 20.3. The summed E-state index contributed by atoms with van der Waals surface area (Å²) in [5.74, 6) is -1.30. The number of nitro benzene ring substituents is 2. The van der Waals surface area contributed by atoms with Crippen LogP contribution in [0.4, 0.5) is 17.1 Å². The smallest absolute Gasteiger partial charge is 0.318 e. The highest BCUT2D eigenvalue weighted by Gasteiger charge is 2.30. The Morgan fingerprint density at radius 1 is 0.821 bits per heavy atom. The first kappa shape index (κ1) is 28.4. The maximum Gasteiger partial charge on any atom is 0.318 e. The Balaban J connectivity index is 2.06. The van der Waals surface area contributed by atoms with E-state index in [-0.39, 0.29) is 66.8 Å². The number of rotatable bonds is 13. The van der Waals surface area contributed by atoms with Crippen molar-refractivity contribution in [3.63, 3.8) is 0 Å². The molecule has 0 saturated heterocycles. The van der Waals surface area contributed by atoms with Crippen LogP contribution in [0.3, 0.4) is 0 Å². The average molecular weight is 543 g/mol. The molecular weight excluding hydrogens is 520 g/mol. The van der Waals surface area contributed by atoms with Crippen molar-refractivity contribution in [2.45, 2.75) is 0 Å². The van der Waals surface area contributed by atoms with Gasteiger partial charge in [0.1, 0.15) is 11.4 Å². The van der Waals surface area contributed by atoms with Crippen molar-refractivity contribution >= 4 is 28.6 Å². The second kappa shape index (κ2) is 12.4. The van der Waals surface area contributed by atoms with E-state index < -0.39 is 38.5 Å². The molecule has 17 nitrogen and oxygen atoms in total. The van der Waals surface area contributed by atoms with Crippen molar-refractivity contribution < 1.29 is 29.1 Å². The van der Waals surface area contributed by atoms with Crippen molar-refractivity contribution in [1.82, 2.24) is 5.01 Å². The highest BCUT2D eigenvalue weighted by molar-refractivity contribution is 6.22. The predicted octanol–water partition coefficient (Wildman–Crippen LogP) is 1.63. The number of ketones is 2. The SMILES string of the molecule is NCCN(CCN(CCN)/[N+]([O-])=N/[O-])c1cc(Oc2ccc3c(c2)C(=O)C=CC3=O)c([N+](=O)[O-])cc1[N+](=O)[O-]. The summed E-state index contributed by atoms with van der Waals surface area (Å²) in [6.45, 7) is -0.258. The molecule has 17 heteroatoms. The van der Waals surface area contributed by atoms with Crippen molar-refractivity contribution in [3.05, 3.63) is 84.3 Å². The molecular formula is C22H23N8O9-. The average Bonchev–Trinajstić information content (AvgIpc) is 2.91. The summed E-state index contributed by atoms with van der Waals surface area (Å²) in [7, 11) is 0. The zero-order valence-electron chi connectivity index (χ0n) is 20.3. The van der Waals surface area contributed by atoms with Crippen LogP contribution < -0.4 is 21.1 Å². The van der Waals surface area contributed by atoms with Crippen LogP contribution in [0.25, 0.3) is 0 Å². The molecule has 3 rings (SSSR count). The standard InChI is InChI=1S/C22H24N8O9/c23-5-7-26(9-10-27(8-6-24)30(38)25-33)17-13-22(19(29(36)37)12-18(17)28(34)35)39-14-1-2-15-16(11-14)21(32)4-3-20(15)31/h1-4,11-13,33H,5-10,23-24H2/p-1/b30-25-. The molecule has 4 N–H and O–H groups in total. The molecule has 0 saturated carbocycles. The number of ether oxygens (including phenoxy) is 1. The molecule has 0 fully saturated rings. The summed E-state index contributed by atoms with van der Waals surface area (Å²) < 4.78 is 5.69. The Kier molecular flexibility index (Phi) is 9.03. The van der Waals surface area contributed by atoms with E-state index in [4.69, 9.17) is 16.2 Å². The van der Waals surface area contributed by atoms with Crippen LogP contribution in [0.5, 0.6) is 11.5 Å². The number of allylic oxidation sites excluding steroid dienone is 2. The van der Waals surface area contributed by atoms with Gasteiger partial charge in [0.05, 0.1) is 29.0 Å². The van der Waals surface area contributed by atoms with Gasteiger partial charge in [-0.15, -0.1) is 5.01 Å². The van der Waals surface area contributed by atoms with Gasteiger partial charge in [-0.2, -0.15) is 0 Å². The zero-order chi connectivity index (χ0) is 28.7. The summed E-state index contributed by atoms with van der Waals surface area (Å²) in [5.41, 5.74) is 9.80. The lowest BCUT2D eigenvalue weighted by Crippen LogP contribution is -2.42. The second-order valence-electron chi connectivity index (χ2n) is 8.05. The summed E-state index contributed by atoms with van der Waals surface area (Å²) in [6, 6.07) is 5.68. The van der Waals surface area contributed by atoms with Gasteiger partial charge in [-0.25, -0.2) is 0 Å². The molecule has 2 aromatic carbocycles. The van der Waals surface area contributed by atoms with E-state index in [1.807, 2.05) is 0 Å². The molecule has 0 unspecified atom stereocenters. The minimum absolute atomic E-state index is 0.00270. The number of carbonyl (C=O) groups excluding carboxylic acids is 2. The van der Waals surface area contributed by atoms with Gasteiger partial charge in [0.2, 0.25) is 5.75 Å². The Labute approximate surface area is 220 Å². The number of fused-ring (bicyclic) bond motifs is 1. The molecule has 0 aliphatic heterocycles. The molecule has 0 spiro atoms. The fourth-order valence-electron chi connectivity index (χ4n) is 3.86. The van der Waals surface area contributed by atoms with E-state index in [2.05, 4.69) is 5.28 Å². The Morgan fingerprint density at radius 2 is 1.46 bits per heavy atom. The molecule has 0 atom stereocenters. The number of hydrogen-bond acceptors (Lipinski definition) is 13. The van der Waals surface area contributed by atoms with Crippen LogP contribution in [0.2, 0.25) is 0 Å². The minimum Gasteiger partial charge on any atom is -0.737 e. The Hall–Kier alpha value is -5.16. The first-order valence-electron chi connectivity index (χ1n) is 11.4. The number of carbonyl (C=O) groups is 2. The predicted molar refractivity (Wildman–Crippen MR) is 135 cm³/mol. The molecule has 206 valence electrons. The van der Waals surface area contributed by atoms with Crippen molar-refractivity contribution in [2.24, 2.45) is 16.7 Å². The van der Waals surface area contributed by atoms with Crippen molar-refractivity contribution in [1.29, 1.82) is 0 Å². The third kappa shape index (κ3) is 6.40. The van der Waals surface area contributed by atoms with Crippen LogP contribution >= 0.6 is 0 Å². The summed E-state index contributed by atoms with van der Waals surface area (Å²) in [4.78, 5) is 47.4. The fourth-order valence-corrected chi connectivity index (χ4v) is 3.86. The third-order valence-corrected chi connectivity index (χ3v) is 5.65. The lowest BCUT2D eigenvalue weighted by atomic mass is 9.95. The lowest BCUT2D eigenvalue weighted by Gasteiger charge is -2.27.